The van der Waals surface area contributed by atoms with Gasteiger partial charge in [0, 0.05) is 0 Å². The number of hydrogen-bond donors (Lipinski definition) is 1. The van der Waals surface area contributed by atoms with Crippen LogP contribution in [0.15, 0.2) is 109 Å². The molecule has 4 aromatic carbocycles. The number of nitrogens with one attached hydrogen (secondary N) is 1. The maximum atomic E-state index is 13.2. The fourth-order valence-electron chi connectivity index (χ4n) is 4.50. The minimum absolute atomic E-state index is 0.0149. The van der Waals surface area contributed by atoms with Crippen molar-refractivity contribution in [1.82, 2.24) is 5.32 Å². The number of alkyl carbamates (subject to hydrolysis) is 1. The predicted molar refractivity (Wildman–Crippen MR) is 139 cm³/mol. The molecule has 1 atom stereocenters. The molecule has 0 fully saturated rings. The van der Waals surface area contributed by atoms with Gasteiger partial charge in [0.05, 0.1) is 0 Å². The number of ether oxygens (including phenoxy) is 1. The first kappa shape index (κ1) is 23.1. The van der Waals surface area contributed by atoms with Crippen LogP contribution >= 0.6 is 0 Å². The van der Waals surface area contributed by atoms with Crippen LogP contribution in [0.2, 0.25) is 0 Å². The van der Waals surface area contributed by atoms with E-state index in [4.69, 9.17) is 4.74 Å². The molecule has 5 rings (SSSR count). The Morgan fingerprint density at radius 2 is 1.29 bits per heavy atom. The van der Waals surface area contributed by atoms with Gasteiger partial charge in [0.25, 0.3) is 0 Å². The molecule has 174 valence electrons. The Hall–Kier alpha value is -3.66. The van der Waals surface area contributed by atoms with Crippen molar-refractivity contribution in [2.45, 2.75) is 18.4 Å². The van der Waals surface area contributed by atoms with Gasteiger partial charge in [-0.3, -0.25) is 0 Å². The summed E-state index contributed by atoms with van der Waals surface area (Å²) in [5, 5.41) is 2.86. The standard InChI is InChI=1S/C30H25NO3Se/c32-29(35-22-13-5-2-6-14-22)28(19-21-11-3-1-4-12-21)31-30(33)34-20-27-25-17-9-7-15-23(25)24-16-8-10-18-26(24)27/h1-18,27-28H,19-20H2,(H,31,33)/t28-/m0/s1. The van der Waals surface area contributed by atoms with E-state index in [9.17, 15) is 9.59 Å². The molecule has 0 saturated heterocycles. The van der Waals surface area contributed by atoms with Crippen LogP contribution in [0.4, 0.5) is 4.79 Å². The molecule has 4 nitrogen and oxygen atoms in total. The number of amides is 1. The normalized spacial score (nSPS) is 12.9. The van der Waals surface area contributed by atoms with Gasteiger partial charge in [-0.1, -0.05) is 0 Å². The number of fused-ring (bicyclic) bond motifs is 3. The Morgan fingerprint density at radius 3 is 1.91 bits per heavy atom. The zero-order chi connectivity index (χ0) is 24.0. The minimum atomic E-state index is -0.645. The second-order valence-corrected chi connectivity index (χ2v) is 10.7. The first-order chi connectivity index (χ1) is 17.2. The Kier molecular flexibility index (Phi) is 7.08. The van der Waals surface area contributed by atoms with E-state index in [1.165, 1.54) is 11.1 Å². The average Bonchev–Trinajstić information content (AvgIpc) is 3.22. The van der Waals surface area contributed by atoms with Gasteiger partial charge in [-0.05, 0) is 0 Å². The third-order valence-electron chi connectivity index (χ3n) is 6.16. The second kappa shape index (κ2) is 10.7. The van der Waals surface area contributed by atoms with Gasteiger partial charge in [0.15, 0.2) is 0 Å². The molecule has 1 aliphatic rings. The van der Waals surface area contributed by atoms with Crippen molar-refractivity contribution in [2.24, 2.45) is 0 Å². The van der Waals surface area contributed by atoms with E-state index >= 15 is 0 Å². The number of rotatable bonds is 8. The predicted octanol–water partition coefficient (Wildman–Crippen LogP) is 4.69. The van der Waals surface area contributed by atoms with Crippen LogP contribution in [-0.2, 0) is 16.0 Å². The molecule has 4 aromatic rings. The first-order valence-corrected chi connectivity index (χ1v) is 13.3. The zero-order valence-electron chi connectivity index (χ0n) is 19.1. The van der Waals surface area contributed by atoms with Crippen molar-refractivity contribution in [3.05, 3.63) is 126 Å². The molecule has 0 bridgehead atoms. The van der Waals surface area contributed by atoms with E-state index in [0.717, 1.165) is 21.2 Å². The van der Waals surface area contributed by atoms with Crippen LogP contribution in [0, 0.1) is 0 Å². The van der Waals surface area contributed by atoms with Crippen LogP contribution in [0.25, 0.3) is 11.1 Å². The third kappa shape index (κ3) is 5.37. The zero-order valence-corrected chi connectivity index (χ0v) is 20.8. The topological polar surface area (TPSA) is 55.4 Å². The van der Waals surface area contributed by atoms with Crippen LogP contribution in [-0.4, -0.2) is 38.4 Å². The molecular weight excluding hydrogens is 501 g/mol. The Morgan fingerprint density at radius 1 is 0.743 bits per heavy atom. The van der Waals surface area contributed by atoms with Gasteiger partial charge in [0.1, 0.15) is 0 Å². The summed E-state index contributed by atoms with van der Waals surface area (Å²) in [6.07, 6.45) is -0.136. The van der Waals surface area contributed by atoms with Crippen molar-refractivity contribution in [2.75, 3.05) is 6.61 Å². The molecule has 0 aromatic heterocycles. The van der Waals surface area contributed by atoms with E-state index in [2.05, 4.69) is 29.6 Å². The summed E-state index contributed by atoms with van der Waals surface area (Å²) < 4.78 is 6.71. The molecule has 0 unspecified atom stereocenters. The van der Waals surface area contributed by atoms with Crippen LogP contribution in [0.5, 0.6) is 0 Å². The van der Waals surface area contributed by atoms with Crippen molar-refractivity contribution < 1.29 is 14.3 Å². The summed E-state index contributed by atoms with van der Waals surface area (Å²) in [5.41, 5.74) is 5.67. The molecular formula is C30H25NO3Se. The number of benzene rings is 4. The Labute approximate surface area is 211 Å². The maximum absolute atomic E-state index is 13.2. The fraction of sp³-hybridized carbons (Fsp3) is 0.133. The SMILES string of the molecule is O=C(N[C@@H](Cc1ccccc1)C(=O)[Se]c1ccccc1)OCC1c2ccccc2-c2ccccc21. The molecule has 1 N–H and O–H groups in total. The second-order valence-electron chi connectivity index (χ2n) is 8.45. The van der Waals surface area contributed by atoms with E-state index in [1.807, 2.05) is 84.9 Å². The summed E-state index contributed by atoms with van der Waals surface area (Å²) in [4.78, 5) is 26.1. The van der Waals surface area contributed by atoms with Crippen LogP contribution < -0.4 is 9.78 Å². The Balaban J connectivity index is 1.29. The van der Waals surface area contributed by atoms with Crippen molar-refractivity contribution in [1.29, 1.82) is 0 Å². The van der Waals surface area contributed by atoms with Gasteiger partial charge in [-0.2, -0.15) is 0 Å². The van der Waals surface area contributed by atoms with Gasteiger partial charge >= 0.3 is 212 Å². The molecule has 0 heterocycles. The first-order valence-electron chi connectivity index (χ1n) is 11.6. The van der Waals surface area contributed by atoms with Crippen molar-refractivity contribution in [3.63, 3.8) is 0 Å². The molecule has 5 heteroatoms. The molecule has 35 heavy (non-hydrogen) atoms. The van der Waals surface area contributed by atoms with Crippen LogP contribution in [0.3, 0.4) is 0 Å². The number of carbonyl (C=O) groups excluding carboxylic acids is 2. The van der Waals surface area contributed by atoms with Gasteiger partial charge in [-0.25, -0.2) is 0 Å². The molecule has 1 amide bonds. The summed E-state index contributed by atoms with van der Waals surface area (Å²) in [6, 6.07) is 35.3. The van der Waals surface area contributed by atoms with Crippen molar-refractivity contribution >= 4 is 30.2 Å². The summed E-state index contributed by atoms with van der Waals surface area (Å²) >= 11 is -0.405. The van der Waals surface area contributed by atoms with E-state index < -0.39 is 27.1 Å². The van der Waals surface area contributed by atoms with Crippen molar-refractivity contribution in [3.8, 4) is 11.1 Å². The summed E-state index contributed by atoms with van der Waals surface area (Å²) in [7, 11) is 0. The van der Waals surface area contributed by atoms with E-state index in [0.29, 0.717) is 6.42 Å². The van der Waals surface area contributed by atoms with Gasteiger partial charge < -0.3 is 0 Å². The Bertz CT molecular complexity index is 1280. The van der Waals surface area contributed by atoms with Gasteiger partial charge in [0.2, 0.25) is 0 Å². The average molecular weight is 526 g/mol. The quantitative estimate of drug-likeness (QED) is 0.339. The molecule has 0 saturated carbocycles. The molecule has 1 aliphatic carbocycles. The monoisotopic (exact) mass is 527 g/mol. The number of carbonyl (C=O) groups is 2. The van der Waals surface area contributed by atoms with Crippen LogP contribution in [0.1, 0.15) is 22.6 Å². The fourth-order valence-corrected chi connectivity index (χ4v) is 6.20. The molecule has 0 radical (unpaired) electrons. The van der Waals surface area contributed by atoms with E-state index in [1.54, 1.807) is 0 Å². The third-order valence-corrected chi connectivity index (χ3v) is 8.25. The molecule has 0 spiro atoms. The summed E-state index contributed by atoms with van der Waals surface area (Å²) in [6.45, 7) is 0.218. The molecule has 0 aliphatic heterocycles. The van der Waals surface area contributed by atoms with E-state index in [-0.39, 0.29) is 17.2 Å². The van der Waals surface area contributed by atoms with Gasteiger partial charge in [-0.15, -0.1) is 0 Å². The summed E-state index contributed by atoms with van der Waals surface area (Å²) in [5.74, 6) is -0.0232. The number of hydrogen-bond acceptors (Lipinski definition) is 3.